The molecule has 1 aromatic rings. The van der Waals surface area contributed by atoms with Gasteiger partial charge in [-0.2, -0.15) is 0 Å². The van der Waals surface area contributed by atoms with Gasteiger partial charge in [-0.1, -0.05) is 64.4 Å². The van der Waals surface area contributed by atoms with Crippen LogP contribution in [0.5, 0.6) is 0 Å². The molecule has 0 unspecified atom stereocenters. The first-order chi connectivity index (χ1) is 44.1. The van der Waals surface area contributed by atoms with Crippen molar-refractivity contribution in [1.29, 1.82) is 0 Å². The minimum atomic E-state index is -1.95. The third kappa shape index (κ3) is 25.0. The van der Waals surface area contributed by atoms with Crippen LogP contribution >= 0.6 is 0 Å². The lowest BCUT2D eigenvalue weighted by Gasteiger charge is -2.33. The van der Waals surface area contributed by atoms with Crippen molar-refractivity contribution in [3.05, 3.63) is 35.9 Å². The van der Waals surface area contributed by atoms with Crippen LogP contribution in [0, 0.1) is 11.8 Å². The number of carboxylic acids is 5. The predicted octanol–water partition coefficient (Wildman–Crippen LogP) is -5.75. The number of hydrogen-bond acceptors (Lipinski definition) is 19. The Morgan fingerprint density at radius 1 is 0.521 bits per heavy atom. The fraction of sp³-hybridized carbons (Fsp3) is 0.603. The summed E-state index contributed by atoms with van der Waals surface area (Å²) < 4.78 is 0. The lowest BCUT2D eigenvalue weighted by atomic mass is 9.96. The molecule has 3 rings (SSSR count). The number of aliphatic carboxylic acids is 5. The Balaban J connectivity index is 1.89. The summed E-state index contributed by atoms with van der Waals surface area (Å²) in [6.07, 6.45) is -6.71. The van der Waals surface area contributed by atoms with Crippen LogP contribution in [0.3, 0.4) is 0 Å². The molecule has 520 valence electrons. The maximum atomic E-state index is 14.5. The van der Waals surface area contributed by atoms with Gasteiger partial charge >= 0.3 is 29.8 Å². The average Bonchev–Trinajstić information content (AvgIpc) is 1.58. The van der Waals surface area contributed by atoms with E-state index in [1.54, 1.807) is 44.2 Å². The van der Waals surface area contributed by atoms with E-state index < -0.39 is 237 Å². The molecule has 0 spiro atoms. The van der Waals surface area contributed by atoms with Crippen molar-refractivity contribution in [2.24, 2.45) is 23.3 Å². The summed E-state index contributed by atoms with van der Waals surface area (Å²) >= 11 is 0. The predicted molar refractivity (Wildman–Crippen MR) is 322 cm³/mol. The van der Waals surface area contributed by atoms with Crippen LogP contribution in [0.1, 0.15) is 117 Å². The molecule has 94 heavy (non-hydrogen) atoms. The standard InChI is InChI=1S/C58H85N13O23/c1-6-28(4)47(57(92)71-21-11-15-38(71)52(87)63-32(17-19-42(77)78)49(84)67-36(58(93)94)23-39(59)73)69-51(86)34(24-43(79)80)65-55(90)46(27(2)3)68-50(85)33(22-30-12-8-7-9-13-30)64-53(88)37-14-10-20-70(37)56(91)35(25-44(81)82)66-48(83)31(16-18-41(75)76)62-40(74)26-61-54(89)45(60)29(5)72/h7-9,12-13,27-29,31-38,45-47,72H,6,10-11,14-26,60H2,1-5H3,(H2,59,73)(H,61,89)(H,62,74)(H,63,87)(H,64,88)(H,65,90)(H,66,83)(H,67,84)(H,68,85)(H,69,86)(H,75,76)(H,77,78)(H,79,80)(H,81,82)(H,93,94)/t28-,29+,31-,32-,33-,34-,35-,36-,37-,38-,45-,46-,47-/m0/s1. The number of aliphatic hydroxyl groups is 1. The summed E-state index contributed by atoms with van der Waals surface area (Å²) in [6.45, 7) is 6.28. The second-order valence-electron chi connectivity index (χ2n) is 23.2. The number of likely N-dealkylation sites (tertiary alicyclic amines) is 2. The van der Waals surface area contributed by atoms with Crippen molar-refractivity contribution in [1.82, 2.24) is 57.7 Å². The first kappa shape index (κ1) is 78.4. The van der Waals surface area contributed by atoms with E-state index in [1.807, 2.05) is 5.32 Å². The number of carbonyl (C=O) groups is 17. The molecule has 2 aliphatic heterocycles. The molecule has 2 aliphatic rings. The number of carbonyl (C=O) groups excluding carboxylic acids is 12. The number of nitrogens with one attached hydrogen (secondary N) is 9. The zero-order valence-electron chi connectivity index (χ0n) is 52.5. The molecule has 12 amide bonds. The van der Waals surface area contributed by atoms with Crippen LogP contribution in [0.4, 0.5) is 0 Å². The van der Waals surface area contributed by atoms with Crippen molar-refractivity contribution < 1.29 is 112 Å². The zero-order chi connectivity index (χ0) is 70.8. The minimum Gasteiger partial charge on any atom is -0.481 e. The number of hydrogen-bond donors (Lipinski definition) is 17. The smallest absolute Gasteiger partial charge is 0.326 e. The van der Waals surface area contributed by atoms with E-state index in [0.29, 0.717) is 5.56 Å². The number of primary amides is 1. The monoisotopic (exact) mass is 1330 g/mol. The molecule has 2 saturated heterocycles. The van der Waals surface area contributed by atoms with Crippen LogP contribution in [0.25, 0.3) is 0 Å². The number of rotatable bonds is 39. The third-order valence-corrected chi connectivity index (χ3v) is 15.5. The molecule has 2 heterocycles. The van der Waals surface area contributed by atoms with Gasteiger partial charge in [0, 0.05) is 32.4 Å². The van der Waals surface area contributed by atoms with Crippen LogP contribution in [-0.4, -0.2) is 233 Å². The van der Waals surface area contributed by atoms with E-state index in [-0.39, 0.29) is 51.6 Å². The van der Waals surface area contributed by atoms with Crippen molar-refractivity contribution in [3.63, 3.8) is 0 Å². The summed E-state index contributed by atoms with van der Waals surface area (Å²) in [5, 5.41) is 78.6. The second-order valence-corrected chi connectivity index (χ2v) is 23.2. The summed E-state index contributed by atoms with van der Waals surface area (Å²) in [4.78, 5) is 225. The van der Waals surface area contributed by atoms with Gasteiger partial charge in [0.25, 0.3) is 0 Å². The molecule has 2 fully saturated rings. The SMILES string of the molecule is CC[C@H](C)[C@H](NC(=O)[C@H](CC(=O)O)NC(=O)[C@@H](NC(=O)[C@H](Cc1ccccc1)NC(=O)[C@@H]1CCCN1C(=O)[C@H](CC(=O)O)NC(=O)[C@H](CCC(=O)O)NC(=O)CNC(=O)[C@@H](N)[C@@H](C)O)C(C)C)C(=O)N1CCC[C@H]1C(=O)N[C@@H](CCC(=O)O)C(=O)N[C@@H](CC(N)=O)C(=O)O. The highest BCUT2D eigenvalue weighted by Crippen LogP contribution is 2.24. The third-order valence-electron chi connectivity index (χ3n) is 15.5. The number of benzene rings is 1. The number of aliphatic hydroxyl groups excluding tert-OH is 1. The van der Waals surface area contributed by atoms with Gasteiger partial charge in [-0.25, -0.2) is 4.79 Å². The van der Waals surface area contributed by atoms with Gasteiger partial charge in [0.1, 0.15) is 66.5 Å². The van der Waals surface area contributed by atoms with E-state index in [9.17, 15) is 112 Å². The largest absolute Gasteiger partial charge is 0.481 e. The van der Waals surface area contributed by atoms with Crippen LogP contribution in [0.15, 0.2) is 30.3 Å². The van der Waals surface area contributed by atoms with Crippen LogP contribution < -0.4 is 59.3 Å². The molecular weight excluding hydrogens is 1250 g/mol. The van der Waals surface area contributed by atoms with Crippen LogP contribution in [0.2, 0.25) is 0 Å². The van der Waals surface area contributed by atoms with Crippen molar-refractivity contribution in [2.75, 3.05) is 19.6 Å². The average molecular weight is 1330 g/mol. The summed E-state index contributed by atoms with van der Waals surface area (Å²) in [5.74, 6) is -22.0. The van der Waals surface area contributed by atoms with Gasteiger partial charge < -0.3 is 99.8 Å². The molecule has 36 nitrogen and oxygen atoms in total. The summed E-state index contributed by atoms with van der Waals surface area (Å²) in [7, 11) is 0. The highest BCUT2D eigenvalue weighted by molar-refractivity contribution is 6.01. The Morgan fingerprint density at radius 2 is 0.979 bits per heavy atom. The van der Waals surface area contributed by atoms with Crippen molar-refractivity contribution in [3.8, 4) is 0 Å². The normalized spacial score (nSPS) is 17.8. The molecule has 1 aromatic carbocycles. The lowest BCUT2D eigenvalue weighted by molar-refractivity contribution is -0.146. The Hall–Kier alpha value is -9.87. The first-order valence-corrected chi connectivity index (χ1v) is 30.2. The van der Waals surface area contributed by atoms with E-state index in [0.717, 1.165) is 9.80 Å². The Morgan fingerprint density at radius 3 is 1.46 bits per heavy atom. The van der Waals surface area contributed by atoms with Crippen molar-refractivity contribution in [2.45, 2.75) is 191 Å². The molecule has 0 aliphatic carbocycles. The fourth-order valence-corrected chi connectivity index (χ4v) is 10.1. The molecular formula is C58H85N13O23. The minimum absolute atomic E-state index is 0.0158. The van der Waals surface area contributed by atoms with Crippen LogP contribution in [-0.2, 0) is 87.9 Å². The Kier molecular flexibility index (Phi) is 31.3. The highest BCUT2D eigenvalue weighted by Gasteiger charge is 2.44. The van der Waals surface area contributed by atoms with E-state index in [2.05, 4.69) is 42.5 Å². The van der Waals surface area contributed by atoms with Gasteiger partial charge in [0.15, 0.2) is 0 Å². The summed E-state index contributed by atoms with van der Waals surface area (Å²) in [6, 6.07) is -9.96. The highest BCUT2D eigenvalue weighted by atomic mass is 16.4. The van der Waals surface area contributed by atoms with Gasteiger partial charge in [0.2, 0.25) is 70.9 Å². The van der Waals surface area contributed by atoms with Gasteiger partial charge in [-0.3, -0.25) is 76.7 Å². The molecule has 19 N–H and O–H groups in total. The van der Waals surface area contributed by atoms with Gasteiger partial charge in [0.05, 0.1) is 31.9 Å². The topological polar surface area (TPSA) is 578 Å². The first-order valence-electron chi connectivity index (χ1n) is 30.2. The Labute approximate surface area is 538 Å². The molecule has 0 aromatic heterocycles. The maximum absolute atomic E-state index is 14.5. The molecule has 0 radical (unpaired) electrons. The molecule has 36 heteroatoms. The quantitative estimate of drug-likeness (QED) is 0.0292. The van der Waals surface area contributed by atoms with E-state index in [1.165, 1.54) is 20.8 Å². The van der Waals surface area contributed by atoms with Crippen molar-refractivity contribution >= 4 is 101 Å². The van der Waals surface area contributed by atoms with E-state index >= 15 is 0 Å². The second kappa shape index (κ2) is 37.6. The Bertz CT molecular complexity index is 2970. The summed E-state index contributed by atoms with van der Waals surface area (Å²) in [5.41, 5.74) is 11.1. The van der Waals surface area contributed by atoms with E-state index in [4.69, 9.17) is 11.5 Å². The zero-order valence-corrected chi connectivity index (χ0v) is 52.5. The maximum Gasteiger partial charge on any atom is 0.326 e. The number of carboxylic acid groups (broad SMARTS) is 5. The lowest BCUT2D eigenvalue weighted by Crippen LogP contribution is -2.62. The number of amides is 12. The molecule has 0 bridgehead atoms. The van der Waals surface area contributed by atoms with Gasteiger partial charge in [-0.05, 0) is 62.8 Å². The number of nitrogens with two attached hydrogens (primary N) is 2. The van der Waals surface area contributed by atoms with Gasteiger partial charge in [-0.15, -0.1) is 0 Å². The fourth-order valence-electron chi connectivity index (χ4n) is 10.1. The molecule has 13 atom stereocenters. The number of nitrogens with zero attached hydrogens (tertiary/aromatic N) is 2. The molecule has 0 saturated carbocycles.